The third-order valence-corrected chi connectivity index (χ3v) is 9.95. The number of methoxy groups -OCH3 is 2. The van der Waals surface area contributed by atoms with E-state index in [1.54, 1.807) is 29.6 Å². The summed E-state index contributed by atoms with van der Waals surface area (Å²) in [5.41, 5.74) is 4.42. The van der Waals surface area contributed by atoms with Gasteiger partial charge in [-0.25, -0.2) is 14.5 Å². The number of para-hydroxylation sites is 1. The van der Waals surface area contributed by atoms with Crippen molar-refractivity contribution in [2.24, 2.45) is 0 Å². The monoisotopic (exact) mass is 651 g/mol. The quantitative estimate of drug-likeness (QED) is 0.115. The van der Waals surface area contributed by atoms with E-state index in [1.807, 2.05) is 85.4 Å². The van der Waals surface area contributed by atoms with Gasteiger partial charge in [0.2, 0.25) is 0 Å². The van der Waals surface area contributed by atoms with Crippen molar-refractivity contribution in [2.75, 3.05) is 26.1 Å². The first-order valence-corrected chi connectivity index (χ1v) is 19.4. The van der Waals surface area contributed by atoms with Gasteiger partial charge in [0.25, 0.3) is 5.56 Å². The highest BCUT2D eigenvalue weighted by Gasteiger charge is 2.24. The summed E-state index contributed by atoms with van der Waals surface area (Å²) in [5, 5.41) is 9.30. The second-order valence-corrected chi connectivity index (χ2v) is 18.5. The predicted octanol–water partition coefficient (Wildman–Crippen LogP) is 6.71. The minimum atomic E-state index is -1.26. The number of hydrogen-bond donors (Lipinski definition) is 1. The van der Waals surface area contributed by atoms with Gasteiger partial charge in [-0.05, 0) is 55.8 Å². The smallest absolute Gasteiger partial charge is 0.282 e. The zero-order chi connectivity index (χ0) is 33.3. The molecule has 6 aromatic rings. The van der Waals surface area contributed by atoms with Crippen molar-refractivity contribution in [1.29, 1.82) is 0 Å². The largest absolute Gasteiger partial charge is 0.497 e. The molecule has 4 aromatic heterocycles. The average molecular weight is 652 g/mol. The van der Waals surface area contributed by atoms with Gasteiger partial charge in [0, 0.05) is 44.3 Å². The van der Waals surface area contributed by atoms with Crippen molar-refractivity contribution in [2.45, 2.75) is 52.3 Å². The molecular weight excluding hydrogens is 611 g/mol. The molecule has 0 bridgehead atoms. The fourth-order valence-electron chi connectivity index (χ4n) is 5.71. The van der Waals surface area contributed by atoms with Crippen molar-refractivity contribution in [3.63, 3.8) is 0 Å². The maximum atomic E-state index is 14.0. The third kappa shape index (κ3) is 6.38. The van der Waals surface area contributed by atoms with Gasteiger partial charge in [-0.1, -0.05) is 37.8 Å². The molecule has 2 aromatic carbocycles. The number of hydrogen-bond acceptors (Lipinski definition) is 8. The van der Waals surface area contributed by atoms with Crippen LogP contribution in [0.2, 0.25) is 25.7 Å². The molecule has 11 nitrogen and oxygen atoms in total. The van der Waals surface area contributed by atoms with E-state index in [-0.39, 0.29) is 5.56 Å². The molecule has 0 aliphatic heterocycles. The lowest BCUT2D eigenvalue weighted by Crippen LogP contribution is -2.29. The molecule has 0 unspecified atom stereocenters. The minimum Gasteiger partial charge on any atom is -0.497 e. The van der Waals surface area contributed by atoms with Crippen LogP contribution >= 0.6 is 0 Å². The Hall–Kier alpha value is -4.94. The van der Waals surface area contributed by atoms with E-state index in [9.17, 15) is 4.79 Å². The SMILES string of the molecule is COc1ccc(-c2cn(COCC[Si](C)(C)C)c3ncnc(N[C@@H](C)c4nn5ccc(C)c5c(=O)n4-c4ccccc4)c23)c(OC)c1. The molecule has 0 aliphatic carbocycles. The van der Waals surface area contributed by atoms with E-state index < -0.39 is 14.1 Å². The Morgan fingerprint density at radius 2 is 1.77 bits per heavy atom. The maximum Gasteiger partial charge on any atom is 0.282 e. The Labute approximate surface area is 274 Å². The van der Waals surface area contributed by atoms with Gasteiger partial charge in [-0.3, -0.25) is 9.36 Å². The van der Waals surface area contributed by atoms with Gasteiger partial charge in [0.15, 0.2) is 5.82 Å². The molecule has 0 saturated carbocycles. The minimum absolute atomic E-state index is 0.143. The predicted molar refractivity (Wildman–Crippen MR) is 188 cm³/mol. The number of benzene rings is 2. The van der Waals surface area contributed by atoms with Crippen LogP contribution < -0.4 is 20.3 Å². The summed E-state index contributed by atoms with van der Waals surface area (Å²) in [7, 11) is 2.01. The summed E-state index contributed by atoms with van der Waals surface area (Å²) < 4.78 is 22.8. The molecule has 0 fully saturated rings. The van der Waals surface area contributed by atoms with Crippen LogP contribution in [0.4, 0.5) is 5.82 Å². The molecule has 0 aliphatic rings. The second kappa shape index (κ2) is 13.0. The van der Waals surface area contributed by atoms with Crippen molar-refractivity contribution in [3.8, 4) is 28.3 Å². The number of anilines is 1. The first-order chi connectivity index (χ1) is 22.6. The Morgan fingerprint density at radius 3 is 2.49 bits per heavy atom. The summed E-state index contributed by atoms with van der Waals surface area (Å²) in [4.78, 5) is 23.4. The molecular formula is C35H41N7O4Si. The second-order valence-electron chi connectivity index (χ2n) is 12.8. The van der Waals surface area contributed by atoms with Crippen molar-refractivity contribution >= 4 is 30.4 Å². The first kappa shape index (κ1) is 32.0. The van der Waals surface area contributed by atoms with Gasteiger partial charge in [-0.15, -0.1) is 0 Å². The topological polar surface area (TPSA) is 110 Å². The van der Waals surface area contributed by atoms with Gasteiger partial charge in [0.1, 0.15) is 41.5 Å². The molecule has 0 saturated heterocycles. The van der Waals surface area contributed by atoms with Gasteiger partial charge in [-0.2, -0.15) is 5.10 Å². The molecule has 6 rings (SSSR count). The molecule has 244 valence electrons. The van der Waals surface area contributed by atoms with E-state index in [4.69, 9.17) is 29.3 Å². The van der Waals surface area contributed by atoms with E-state index >= 15 is 0 Å². The lowest BCUT2D eigenvalue weighted by Gasteiger charge is -2.20. The van der Waals surface area contributed by atoms with Crippen LogP contribution in [0.1, 0.15) is 24.4 Å². The number of nitrogens with one attached hydrogen (secondary N) is 1. The van der Waals surface area contributed by atoms with Crippen LogP contribution in [0.15, 0.2) is 78.1 Å². The number of aryl methyl sites for hydroxylation is 1. The highest BCUT2D eigenvalue weighted by atomic mass is 28.3. The molecule has 0 radical (unpaired) electrons. The Morgan fingerprint density at radius 1 is 0.979 bits per heavy atom. The zero-order valence-electron chi connectivity index (χ0n) is 27.9. The number of aromatic nitrogens is 6. The summed E-state index contributed by atoms with van der Waals surface area (Å²) in [6.07, 6.45) is 5.39. The van der Waals surface area contributed by atoms with Gasteiger partial charge in [0.05, 0.1) is 31.3 Å². The summed E-state index contributed by atoms with van der Waals surface area (Å²) in [6, 6.07) is 17.8. The molecule has 12 heteroatoms. The number of rotatable bonds is 12. The third-order valence-electron chi connectivity index (χ3n) is 8.25. The van der Waals surface area contributed by atoms with E-state index in [1.165, 1.54) is 0 Å². The van der Waals surface area contributed by atoms with E-state index in [0.29, 0.717) is 47.6 Å². The number of nitrogens with zero attached hydrogens (tertiary/aromatic N) is 6. The standard InChI is InChI=1S/C35H41N7O4Si/c1-23-15-16-41-31(23)35(43)42(25-11-9-8-10-12-25)33(39-41)24(2)38-32-30-28(27-14-13-26(44-3)19-29(27)45-4)20-40(34(30)37-21-36-32)22-46-17-18-47(5,6)7/h8-16,19-21,24H,17-18,22H2,1-7H3,(H,36,37,38)/t24-/m0/s1. The van der Waals surface area contributed by atoms with Crippen LogP contribution in [0.3, 0.4) is 0 Å². The van der Waals surface area contributed by atoms with E-state index in [0.717, 1.165) is 33.8 Å². The fourth-order valence-corrected chi connectivity index (χ4v) is 6.46. The lowest BCUT2D eigenvalue weighted by atomic mass is 10.0. The Bertz CT molecular complexity index is 2100. The van der Waals surface area contributed by atoms with Gasteiger partial charge < -0.3 is 24.1 Å². The Kier molecular flexibility index (Phi) is 8.89. The molecule has 0 spiro atoms. The Balaban J connectivity index is 1.48. The van der Waals surface area contributed by atoms with Crippen LogP contribution in [-0.4, -0.2) is 57.6 Å². The fraction of sp³-hybridized carbons (Fsp3) is 0.314. The molecule has 47 heavy (non-hydrogen) atoms. The highest BCUT2D eigenvalue weighted by molar-refractivity contribution is 6.76. The van der Waals surface area contributed by atoms with Crippen molar-refractivity contribution in [3.05, 3.63) is 95.1 Å². The molecule has 1 atom stereocenters. The molecule has 4 heterocycles. The number of ether oxygens (including phenoxy) is 3. The summed E-state index contributed by atoms with van der Waals surface area (Å²) >= 11 is 0. The average Bonchev–Trinajstić information content (AvgIpc) is 3.63. The summed E-state index contributed by atoms with van der Waals surface area (Å²) in [6.45, 7) is 11.9. The normalized spacial score (nSPS) is 12.5. The van der Waals surface area contributed by atoms with E-state index in [2.05, 4.69) is 25.0 Å². The summed E-state index contributed by atoms with van der Waals surface area (Å²) in [5.74, 6) is 2.47. The maximum absolute atomic E-state index is 14.0. The first-order valence-electron chi connectivity index (χ1n) is 15.7. The zero-order valence-corrected chi connectivity index (χ0v) is 28.9. The molecule has 0 amide bonds. The highest BCUT2D eigenvalue weighted by Crippen LogP contribution is 2.40. The lowest BCUT2D eigenvalue weighted by molar-refractivity contribution is 0.0899. The van der Waals surface area contributed by atoms with Crippen LogP contribution in [0.5, 0.6) is 11.5 Å². The number of fused-ring (bicyclic) bond motifs is 2. The van der Waals surface area contributed by atoms with Crippen LogP contribution in [0.25, 0.3) is 33.4 Å². The molecule has 1 N–H and O–H groups in total. The van der Waals surface area contributed by atoms with Gasteiger partial charge >= 0.3 is 0 Å². The van der Waals surface area contributed by atoms with Crippen LogP contribution in [-0.2, 0) is 11.5 Å². The van der Waals surface area contributed by atoms with Crippen molar-refractivity contribution < 1.29 is 14.2 Å². The van der Waals surface area contributed by atoms with Crippen LogP contribution in [0, 0.1) is 6.92 Å². The van der Waals surface area contributed by atoms with Crippen molar-refractivity contribution in [1.82, 2.24) is 28.7 Å².